The fraction of sp³-hybridized carbons (Fsp3) is 0.500. The van der Waals surface area contributed by atoms with Crippen LogP contribution in [0.3, 0.4) is 0 Å². The fourth-order valence-electron chi connectivity index (χ4n) is 0.835. The Morgan fingerprint density at radius 3 is 2.43 bits per heavy atom. The van der Waals surface area contributed by atoms with E-state index in [1.807, 2.05) is 20.8 Å². The summed E-state index contributed by atoms with van der Waals surface area (Å²) in [6.45, 7) is 5.90. The van der Waals surface area contributed by atoms with Crippen LogP contribution in [0.2, 0.25) is 0 Å². The highest BCUT2D eigenvalue weighted by Gasteiger charge is 2.14. The minimum Gasteiger partial charge on any atom is -0.456 e. The predicted octanol–water partition coefficient (Wildman–Crippen LogP) is 2.82. The summed E-state index contributed by atoms with van der Waals surface area (Å²) in [7, 11) is 1.04. The van der Waals surface area contributed by atoms with E-state index in [2.05, 4.69) is 0 Å². The highest BCUT2D eigenvalue weighted by molar-refractivity contribution is 5.90. The number of aryl methyl sites for hydroxylation is 1. The van der Waals surface area contributed by atoms with Gasteiger partial charge in [-0.05, 0) is 12.1 Å². The molecule has 0 bridgehead atoms. The molecule has 4 heteroatoms. The molecule has 0 N–H and O–H groups in total. The number of rotatable bonds is 2. The number of carbonyl (C=O) groups is 1. The number of furan rings is 1. The van der Waals surface area contributed by atoms with Crippen molar-refractivity contribution < 1.29 is 13.7 Å². The first kappa shape index (κ1) is 12.7. The third-order valence-electron chi connectivity index (χ3n) is 1.50. The number of amides is 1. The topological polar surface area (TPSA) is 33.5 Å². The first-order valence-electron chi connectivity index (χ1n) is 4.67. The van der Waals surface area contributed by atoms with E-state index in [0.29, 0.717) is 12.2 Å². The monoisotopic (exact) mass is 201 g/mol. The Morgan fingerprint density at radius 2 is 2.07 bits per heavy atom. The minimum absolute atomic E-state index is 0.00171. The van der Waals surface area contributed by atoms with Gasteiger partial charge in [0.05, 0.1) is 0 Å². The molecule has 0 unspecified atom stereocenters. The summed E-state index contributed by atoms with van der Waals surface area (Å²) >= 11 is 0. The lowest BCUT2D eigenvalue weighted by Gasteiger charge is -2.00. The zero-order valence-electron chi connectivity index (χ0n) is 9.00. The summed E-state index contributed by atoms with van der Waals surface area (Å²) in [6, 6.07) is 3.13. The van der Waals surface area contributed by atoms with Gasteiger partial charge in [0.2, 0.25) is 0 Å². The smallest absolute Gasteiger partial charge is 0.316 e. The van der Waals surface area contributed by atoms with Crippen molar-refractivity contribution >= 4 is 5.91 Å². The summed E-state index contributed by atoms with van der Waals surface area (Å²) in [5, 5.41) is -0.00171. The second-order valence-electron chi connectivity index (χ2n) is 2.40. The van der Waals surface area contributed by atoms with E-state index in [1.54, 1.807) is 6.07 Å². The van der Waals surface area contributed by atoms with Gasteiger partial charge in [-0.25, -0.2) is 0 Å². The van der Waals surface area contributed by atoms with Gasteiger partial charge >= 0.3 is 5.91 Å². The standard InChI is InChI=1S/C8H10FNO2.C2H6/c1-3-6-4-5-7(12-6)8(11)10(2)9;1-2/h4-5H,3H2,1-2H3;1-2H3. The van der Waals surface area contributed by atoms with Crippen LogP contribution in [0.5, 0.6) is 0 Å². The number of nitrogens with zero attached hydrogens (tertiary/aromatic N) is 1. The van der Waals surface area contributed by atoms with Crippen LogP contribution in [-0.2, 0) is 6.42 Å². The maximum Gasteiger partial charge on any atom is 0.316 e. The lowest BCUT2D eigenvalue weighted by molar-refractivity contribution is 0.0309. The molecule has 1 rings (SSSR count). The van der Waals surface area contributed by atoms with Crippen LogP contribution >= 0.6 is 0 Å². The maximum absolute atomic E-state index is 12.3. The Morgan fingerprint density at radius 1 is 1.50 bits per heavy atom. The quantitative estimate of drug-likeness (QED) is 0.689. The molecule has 0 aliphatic heterocycles. The van der Waals surface area contributed by atoms with E-state index < -0.39 is 5.91 Å². The van der Waals surface area contributed by atoms with Crippen molar-refractivity contribution in [2.75, 3.05) is 7.05 Å². The van der Waals surface area contributed by atoms with Crippen LogP contribution in [0.25, 0.3) is 0 Å². The van der Waals surface area contributed by atoms with Crippen molar-refractivity contribution in [2.45, 2.75) is 27.2 Å². The molecule has 0 spiro atoms. The lowest BCUT2D eigenvalue weighted by Crippen LogP contribution is -2.16. The molecule has 0 radical (unpaired) electrons. The van der Waals surface area contributed by atoms with E-state index in [0.717, 1.165) is 7.05 Å². The van der Waals surface area contributed by atoms with Crippen LogP contribution in [0.1, 0.15) is 37.1 Å². The minimum atomic E-state index is -0.755. The second-order valence-corrected chi connectivity index (χ2v) is 2.40. The van der Waals surface area contributed by atoms with Crippen LogP contribution in [-0.4, -0.2) is 18.1 Å². The molecular weight excluding hydrogens is 185 g/mol. The third-order valence-corrected chi connectivity index (χ3v) is 1.50. The SMILES string of the molecule is CC.CCc1ccc(C(=O)N(C)F)o1. The lowest BCUT2D eigenvalue weighted by atomic mass is 10.3. The molecule has 0 fully saturated rings. The molecule has 1 aromatic heterocycles. The van der Waals surface area contributed by atoms with Crippen molar-refractivity contribution in [1.29, 1.82) is 0 Å². The summed E-state index contributed by atoms with van der Waals surface area (Å²) in [5.74, 6) is -0.0354. The second kappa shape index (κ2) is 6.18. The molecule has 1 heterocycles. The van der Waals surface area contributed by atoms with Gasteiger partial charge in [0.15, 0.2) is 5.76 Å². The molecule has 3 nitrogen and oxygen atoms in total. The average molecular weight is 201 g/mol. The highest BCUT2D eigenvalue weighted by Crippen LogP contribution is 2.10. The summed E-state index contributed by atoms with van der Waals surface area (Å²) < 4.78 is 17.3. The fourth-order valence-corrected chi connectivity index (χ4v) is 0.835. The van der Waals surface area contributed by atoms with E-state index in [1.165, 1.54) is 6.07 Å². The Labute approximate surface area is 83.4 Å². The van der Waals surface area contributed by atoms with Crippen LogP contribution in [0.4, 0.5) is 4.48 Å². The van der Waals surface area contributed by atoms with Crippen LogP contribution in [0, 0.1) is 0 Å². The highest BCUT2D eigenvalue weighted by atomic mass is 19.2. The Bertz CT molecular complexity index is 281. The average Bonchev–Trinajstić information content (AvgIpc) is 2.67. The van der Waals surface area contributed by atoms with Gasteiger partial charge in [-0.1, -0.05) is 25.3 Å². The van der Waals surface area contributed by atoms with E-state index >= 15 is 0 Å². The van der Waals surface area contributed by atoms with Gasteiger partial charge in [-0.15, -0.1) is 0 Å². The van der Waals surface area contributed by atoms with Crippen LogP contribution < -0.4 is 0 Å². The normalized spacial score (nSPS) is 8.93. The molecule has 0 atom stereocenters. The molecule has 0 saturated carbocycles. The van der Waals surface area contributed by atoms with Gasteiger partial charge in [0.1, 0.15) is 5.76 Å². The van der Waals surface area contributed by atoms with Crippen molar-refractivity contribution in [3.8, 4) is 0 Å². The van der Waals surface area contributed by atoms with E-state index in [9.17, 15) is 9.28 Å². The molecule has 0 aliphatic carbocycles. The van der Waals surface area contributed by atoms with Crippen molar-refractivity contribution in [3.05, 3.63) is 23.7 Å². The Hall–Kier alpha value is -1.32. The van der Waals surface area contributed by atoms with Crippen molar-refractivity contribution in [2.24, 2.45) is 0 Å². The van der Waals surface area contributed by atoms with Crippen molar-refractivity contribution in [3.63, 3.8) is 0 Å². The van der Waals surface area contributed by atoms with E-state index in [-0.39, 0.29) is 10.9 Å². The van der Waals surface area contributed by atoms with Gasteiger partial charge in [-0.2, -0.15) is 5.12 Å². The van der Waals surface area contributed by atoms with Crippen LogP contribution in [0.15, 0.2) is 16.5 Å². The largest absolute Gasteiger partial charge is 0.456 e. The van der Waals surface area contributed by atoms with Gasteiger partial charge in [0.25, 0.3) is 0 Å². The number of hydrogen-bond donors (Lipinski definition) is 0. The van der Waals surface area contributed by atoms with Gasteiger partial charge in [-0.3, -0.25) is 4.79 Å². The zero-order chi connectivity index (χ0) is 11.1. The Kier molecular flexibility index (Phi) is 5.60. The Balaban J connectivity index is 0.000000791. The first-order valence-corrected chi connectivity index (χ1v) is 4.67. The van der Waals surface area contributed by atoms with Gasteiger partial charge < -0.3 is 4.42 Å². The summed E-state index contributed by atoms with van der Waals surface area (Å²) in [4.78, 5) is 10.9. The maximum atomic E-state index is 12.3. The first-order chi connectivity index (χ1) is 6.65. The molecule has 0 aliphatic rings. The molecule has 0 saturated heterocycles. The van der Waals surface area contributed by atoms with Gasteiger partial charge in [0, 0.05) is 13.5 Å². The molecule has 0 aromatic carbocycles. The zero-order valence-corrected chi connectivity index (χ0v) is 9.00. The number of carbonyl (C=O) groups excluding carboxylic acids is 1. The molecule has 80 valence electrons. The molecule has 14 heavy (non-hydrogen) atoms. The number of halogens is 1. The van der Waals surface area contributed by atoms with E-state index in [4.69, 9.17) is 4.42 Å². The summed E-state index contributed by atoms with van der Waals surface area (Å²) in [5.41, 5.74) is 0. The van der Waals surface area contributed by atoms with Crippen molar-refractivity contribution in [1.82, 2.24) is 5.12 Å². The third kappa shape index (κ3) is 3.20. The molecular formula is C10H16FNO2. The number of hydrogen-bond acceptors (Lipinski definition) is 2. The molecule has 1 aromatic rings. The molecule has 1 amide bonds. The predicted molar refractivity (Wildman–Crippen MR) is 52.6 cm³/mol. The summed E-state index contributed by atoms with van der Waals surface area (Å²) in [6.07, 6.45) is 0.698.